The summed E-state index contributed by atoms with van der Waals surface area (Å²) in [5, 5.41) is 6.78. The van der Waals surface area contributed by atoms with Crippen molar-refractivity contribution in [2.75, 3.05) is 18.4 Å². The molecule has 0 aliphatic carbocycles. The van der Waals surface area contributed by atoms with Gasteiger partial charge in [0.15, 0.2) is 0 Å². The van der Waals surface area contributed by atoms with Gasteiger partial charge in [0.05, 0.1) is 0 Å². The molecule has 1 aromatic carbocycles. The number of hydrogen-bond donors (Lipinski definition) is 2. The van der Waals surface area contributed by atoms with Crippen molar-refractivity contribution in [1.29, 1.82) is 0 Å². The molecule has 0 bridgehead atoms. The summed E-state index contributed by atoms with van der Waals surface area (Å²) in [7, 11) is 0. The predicted octanol–water partition coefficient (Wildman–Crippen LogP) is 3.01. The van der Waals surface area contributed by atoms with Crippen LogP contribution in [-0.4, -0.2) is 13.1 Å². The number of anilines is 1. The second-order valence-corrected chi connectivity index (χ2v) is 5.49. The molecule has 1 saturated heterocycles. The molecule has 1 fully saturated rings. The van der Waals surface area contributed by atoms with E-state index < -0.39 is 0 Å². The molecule has 0 aromatic heterocycles. The maximum atomic E-state index is 3.57. The lowest BCUT2D eigenvalue weighted by Crippen LogP contribution is -2.40. The van der Waals surface area contributed by atoms with Crippen molar-refractivity contribution in [1.82, 2.24) is 5.32 Å². The molecule has 2 N–H and O–H groups in total. The van der Waals surface area contributed by atoms with Crippen molar-refractivity contribution in [3.63, 3.8) is 0 Å². The highest BCUT2D eigenvalue weighted by molar-refractivity contribution is 9.10. The highest BCUT2D eigenvalue weighted by atomic mass is 79.9. The molecule has 2 nitrogen and oxygen atoms in total. The van der Waals surface area contributed by atoms with Gasteiger partial charge in [0.1, 0.15) is 0 Å². The van der Waals surface area contributed by atoms with Crippen LogP contribution < -0.4 is 10.6 Å². The molecule has 1 spiro atoms. The van der Waals surface area contributed by atoms with Crippen LogP contribution in [-0.2, 0) is 5.41 Å². The van der Waals surface area contributed by atoms with E-state index in [0.29, 0.717) is 0 Å². The molecule has 2 heterocycles. The van der Waals surface area contributed by atoms with E-state index in [1.807, 2.05) is 0 Å². The Balaban J connectivity index is 2.10. The van der Waals surface area contributed by atoms with Gasteiger partial charge in [0.25, 0.3) is 0 Å². The summed E-state index contributed by atoms with van der Waals surface area (Å²) < 4.78 is 1.17. The van der Waals surface area contributed by atoms with Crippen LogP contribution in [0, 0.1) is 0 Å². The average molecular weight is 279 g/mol. The Morgan fingerprint density at radius 1 is 1.19 bits per heavy atom. The van der Waals surface area contributed by atoms with E-state index in [0.717, 1.165) is 13.1 Å². The average Bonchev–Trinajstić information content (AvgIpc) is 2.32. The summed E-state index contributed by atoms with van der Waals surface area (Å²) in [4.78, 5) is 0. The second kappa shape index (κ2) is 3.90. The predicted molar refractivity (Wildman–Crippen MR) is 70.7 cm³/mol. The van der Waals surface area contributed by atoms with Crippen molar-refractivity contribution in [2.45, 2.75) is 18.3 Å². The molecule has 0 atom stereocenters. The SMILES string of the molecule is Brc1ccc2c(c1)C1(C=CN2)CCNCC1. The highest BCUT2D eigenvalue weighted by Gasteiger charge is 2.34. The third kappa shape index (κ3) is 1.59. The summed E-state index contributed by atoms with van der Waals surface area (Å²) >= 11 is 3.57. The number of rotatable bonds is 0. The van der Waals surface area contributed by atoms with E-state index in [-0.39, 0.29) is 5.41 Å². The summed E-state index contributed by atoms with van der Waals surface area (Å²) in [6.45, 7) is 2.21. The van der Waals surface area contributed by atoms with Crippen LogP contribution >= 0.6 is 15.9 Å². The summed E-state index contributed by atoms with van der Waals surface area (Å²) in [6.07, 6.45) is 6.81. The van der Waals surface area contributed by atoms with Gasteiger partial charge in [-0.3, -0.25) is 0 Å². The van der Waals surface area contributed by atoms with E-state index in [1.54, 1.807) is 0 Å². The number of nitrogens with one attached hydrogen (secondary N) is 2. The number of fused-ring (bicyclic) bond motifs is 2. The fourth-order valence-electron chi connectivity index (χ4n) is 2.74. The zero-order chi connectivity index (χ0) is 11.0. The first-order chi connectivity index (χ1) is 7.80. The van der Waals surface area contributed by atoms with Gasteiger partial charge in [-0.2, -0.15) is 0 Å². The van der Waals surface area contributed by atoms with Crippen LogP contribution in [0.4, 0.5) is 5.69 Å². The van der Waals surface area contributed by atoms with Crippen LogP contribution in [0.5, 0.6) is 0 Å². The van der Waals surface area contributed by atoms with E-state index in [9.17, 15) is 0 Å². The smallest absolute Gasteiger partial charge is 0.0421 e. The van der Waals surface area contributed by atoms with Gasteiger partial charge in [-0.15, -0.1) is 0 Å². The number of piperidine rings is 1. The molecule has 0 unspecified atom stereocenters. The number of hydrogen-bond acceptors (Lipinski definition) is 2. The van der Waals surface area contributed by atoms with Crippen LogP contribution in [0.2, 0.25) is 0 Å². The maximum absolute atomic E-state index is 3.57. The Hall–Kier alpha value is -0.800. The zero-order valence-corrected chi connectivity index (χ0v) is 10.7. The van der Waals surface area contributed by atoms with Crippen LogP contribution in [0.3, 0.4) is 0 Å². The number of benzene rings is 1. The molecule has 3 rings (SSSR count). The molecule has 1 aromatic rings. The van der Waals surface area contributed by atoms with Gasteiger partial charge in [-0.1, -0.05) is 22.0 Å². The van der Waals surface area contributed by atoms with Crippen LogP contribution in [0.15, 0.2) is 34.9 Å². The Bertz CT molecular complexity index is 434. The molecule has 0 saturated carbocycles. The van der Waals surface area contributed by atoms with E-state index in [4.69, 9.17) is 0 Å². The Kier molecular flexibility index (Phi) is 2.52. The molecule has 16 heavy (non-hydrogen) atoms. The molecule has 2 aliphatic heterocycles. The van der Waals surface area contributed by atoms with Crippen LogP contribution in [0.25, 0.3) is 0 Å². The summed E-state index contributed by atoms with van der Waals surface area (Å²) in [5.41, 5.74) is 2.94. The van der Waals surface area contributed by atoms with Gasteiger partial charge < -0.3 is 10.6 Å². The fraction of sp³-hybridized carbons (Fsp3) is 0.385. The van der Waals surface area contributed by atoms with E-state index in [1.165, 1.54) is 28.6 Å². The monoisotopic (exact) mass is 278 g/mol. The lowest BCUT2D eigenvalue weighted by molar-refractivity contribution is 0.372. The topological polar surface area (TPSA) is 24.1 Å². The summed E-state index contributed by atoms with van der Waals surface area (Å²) in [6, 6.07) is 6.52. The maximum Gasteiger partial charge on any atom is 0.0421 e. The number of halogens is 1. The molecule has 0 amide bonds. The molecule has 3 heteroatoms. The van der Waals surface area contributed by atoms with E-state index in [2.05, 4.69) is 57.0 Å². The van der Waals surface area contributed by atoms with Gasteiger partial charge in [-0.05, 0) is 55.9 Å². The molecular weight excluding hydrogens is 264 g/mol. The second-order valence-electron chi connectivity index (χ2n) is 4.57. The van der Waals surface area contributed by atoms with Crippen molar-refractivity contribution in [2.24, 2.45) is 0 Å². The highest BCUT2D eigenvalue weighted by Crippen LogP contribution is 2.42. The van der Waals surface area contributed by atoms with Crippen LogP contribution in [0.1, 0.15) is 18.4 Å². The Morgan fingerprint density at radius 3 is 2.81 bits per heavy atom. The lowest BCUT2D eigenvalue weighted by atomic mass is 9.71. The zero-order valence-electron chi connectivity index (χ0n) is 9.09. The van der Waals surface area contributed by atoms with Gasteiger partial charge in [-0.25, -0.2) is 0 Å². The lowest BCUT2D eigenvalue weighted by Gasteiger charge is -2.39. The van der Waals surface area contributed by atoms with Crippen molar-refractivity contribution >= 4 is 21.6 Å². The minimum absolute atomic E-state index is 0.246. The fourth-order valence-corrected chi connectivity index (χ4v) is 3.10. The number of allylic oxidation sites excluding steroid dienone is 1. The normalized spacial score (nSPS) is 21.6. The third-order valence-corrected chi connectivity index (χ3v) is 4.15. The first kappa shape index (κ1) is 10.4. The van der Waals surface area contributed by atoms with Gasteiger partial charge in [0, 0.05) is 15.6 Å². The van der Waals surface area contributed by atoms with Gasteiger partial charge >= 0.3 is 0 Å². The first-order valence-electron chi connectivity index (χ1n) is 5.75. The minimum Gasteiger partial charge on any atom is -0.362 e. The third-order valence-electron chi connectivity index (χ3n) is 3.66. The Labute approximate surface area is 104 Å². The first-order valence-corrected chi connectivity index (χ1v) is 6.54. The van der Waals surface area contributed by atoms with Crippen molar-refractivity contribution in [3.8, 4) is 0 Å². The summed E-state index contributed by atoms with van der Waals surface area (Å²) in [5.74, 6) is 0. The van der Waals surface area contributed by atoms with E-state index >= 15 is 0 Å². The molecule has 84 valence electrons. The molecule has 0 radical (unpaired) electrons. The molecule has 2 aliphatic rings. The molecular formula is C13H15BrN2. The standard InChI is InChI=1S/C13H15BrN2/c14-10-1-2-12-11(9-10)13(5-8-16-12)3-6-15-7-4-13/h1-2,5,8-9,15-16H,3-4,6-7H2. The largest absolute Gasteiger partial charge is 0.362 e. The van der Waals surface area contributed by atoms with Gasteiger partial charge in [0.2, 0.25) is 0 Å². The quantitative estimate of drug-likeness (QED) is 0.763. The van der Waals surface area contributed by atoms with Crippen molar-refractivity contribution in [3.05, 3.63) is 40.5 Å². The Morgan fingerprint density at radius 2 is 2.00 bits per heavy atom. The van der Waals surface area contributed by atoms with Crippen molar-refractivity contribution < 1.29 is 0 Å². The minimum atomic E-state index is 0.246.